The molecule has 5 heteroatoms. The van der Waals surface area contributed by atoms with E-state index in [9.17, 15) is 18.7 Å². The van der Waals surface area contributed by atoms with Gasteiger partial charge in [-0.3, -0.25) is 4.79 Å². The fourth-order valence-corrected chi connectivity index (χ4v) is 2.79. The molecule has 3 aromatic carbocycles. The zero-order valence-corrected chi connectivity index (χ0v) is 12.7. The predicted octanol–water partition coefficient (Wildman–Crippen LogP) is 4.82. The lowest BCUT2D eigenvalue weighted by atomic mass is 9.99. The molecule has 0 aliphatic heterocycles. The molecule has 0 saturated heterocycles. The Labute approximate surface area is 133 Å². The highest BCUT2D eigenvalue weighted by Gasteiger charge is 2.17. The van der Waals surface area contributed by atoms with Crippen molar-refractivity contribution < 1.29 is 18.7 Å². The van der Waals surface area contributed by atoms with Crippen LogP contribution in [-0.4, -0.2) is 10.9 Å². The molecule has 0 aliphatic carbocycles. The van der Waals surface area contributed by atoms with Crippen LogP contribution in [0.5, 0.6) is 5.75 Å². The number of aromatic hydroxyl groups is 1. The van der Waals surface area contributed by atoms with E-state index in [1.165, 1.54) is 48.5 Å². The number of hydrogen-bond donors (Lipinski definition) is 1. The second kappa shape index (κ2) is 5.50. The van der Waals surface area contributed by atoms with Crippen LogP contribution >= 0.6 is 15.9 Å². The molecule has 0 spiro atoms. The van der Waals surface area contributed by atoms with Crippen molar-refractivity contribution in [3.63, 3.8) is 0 Å². The van der Waals surface area contributed by atoms with E-state index in [4.69, 9.17) is 0 Å². The summed E-state index contributed by atoms with van der Waals surface area (Å²) in [4.78, 5) is 12.5. The highest BCUT2D eigenvalue weighted by molar-refractivity contribution is 9.10. The Morgan fingerprint density at radius 2 is 1.55 bits per heavy atom. The normalized spacial score (nSPS) is 10.9. The average molecular weight is 363 g/mol. The monoisotopic (exact) mass is 362 g/mol. The van der Waals surface area contributed by atoms with E-state index in [1.54, 1.807) is 0 Å². The summed E-state index contributed by atoms with van der Waals surface area (Å²) in [5.41, 5.74) is 0.310. The molecule has 2 nitrogen and oxygen atoms in total. The molecule has 0 bridgehead atoms. The number of carbonyl (C=O) groups excluding carboxylic acids is 1. The third kappa shape index (κ3) is 2.60. The molecular weight excluding hydrogens is 354 g/mol. The van der Waals surface area contributed by atoms with E-state index < -0.39 is 17.4 Å². The smallest absolute Gasteiger partial charge is 0.197 e. The number of phenolic OH excluding ortho intramolecular Hbond substituents is 1. The molecule has 3 aromatic rings. The Bertz CT molecular complexity index is 907. The highest BCUT2D eigenvalue weighted by Crippen LogP contribution is 2.29. The number of hydrogen-bond acceptors (Lipinski definition) is 2. The van der Waals surface area contributed by atoms with Crippen molar-refractivity contribution in [3.05, 3.63) is 75.8 Å². The average Bonchev–Trinajstić information content (AvgIpc) is 2.45. The van der Waals surface area contributed by atoms with Gasteiger partial charge in [0.1, 0.15) is 17.4 Å². The summed E-state index contributed by atoms with van der Waals surface area (Å²) in [6.07, 6.45) is 0. The van der Waals surface area contributed by atoms with Gasteiger partial charge in [0.2, 0.25) is 0 Å². The van der Waals surface area contributed by atoms with Gasteiger partial charge in [-0.1, -0.05) is 6.07 Å². The van der Waals surface area contributed by atoms with Crippen LogP contribution in [0.15, 0.2) is 53.0 Å². The summed E-state index contributed by atoms with van der Waals surface area (Å²) in [5, 5.41) is 11.2. The number of phenols is 1. The molecule has 1 N–H and O–H groups in total. The molecule has 0 amide bonds. The number of ketones is 1. The Morgan fingerprint density at radius 1 is 0.864 bits per heavy atom. The van der Waals surface area contributed by atoms with Gasteiger partial charge in [-0.05, 0) is 69.2 Å². The summed E-state index contributed by atoms with van der Waals surface area (Å²) in [5.74, 6) is -1.59. The summed E-state index contributed by atoms with van der Waals surface area (Å²) < 4.78 is 26.6. The molecular formula is C17H9BrF2O2. The Kier molecular flexibility index (Phi) is 3.66. The summed E-state index contributed by atoms with van der Waals surface area (Å²) in [6, 6.07) is 10.6. The third-order valence-corrected chi connectivity index (χ3v) is 3.99. The highest BCUT2D eigenvalue weighted by atomic mass is 79.9. The molecule has 0 atom stereocenters. The van der Waals surface area contributed by atoms with Crippen molar-refractivity contribution in [2.24, 2.45) is 0 Å². The molecule has 0 aromatic heterocycles. The lowest BCUT2D eigenvalue weighted by Crippen LogP contribution is -2.03. The molecule has 0 fully saturated rings. The zero-order valence-electron chi connectivity index (χ0n) is 11.1. The predicted molar refractivity (Wildman–Crippen MR) is 83.1 cm³/mol. The van der Waals surface area contributed by atoms with Gasteiger partial charge >= 0.3 is 0 Å². The minimum absolute atomic E-state index is 0.0754. The third-order valence-electron chi connectivity index (χ3n) is 3.34. The van der Waals surface area contributed by atoms with E-state index in [-0.39, 0.29) is 16.9 Å². The second-order valence-electron chi connectivity index (χ2n) is 4.81. The number of carbonyl (C=O) groups is 1. The Morgan fingerprint density at radius 3 is 2.27 bits per heavy atom. The van der Waals surface area contributed by atoms with Crippen LogP contribution in [0.2, 0.25) is 0 Å². The van der Waals surface area contributed by atoms with Gasteiger partial charge in [0.15, 0.2) is 5.78 Å². The number of rotatable bonds is 2. The molecule has 0 radical (unpaired) electrons. The molecule has 0 saturated carbocycles. The van der Waals surface area contributed by atoms with Crippen molar-refractivity contribution in [2.45, 2.75) is 0 Å². The molecule has 0 unspecified atom stereocenters. The molecule has 0 heterocycles. The number of fused-ring (bicyclic) bond motifs is 1. The van der Waals surface area contributed by atoms with E-state index in [1.807, 2.05) is 0 Å². The first-order valence-corrected chi connectivity index (χ1v) is 7.17. The second-order valence-corrected chi connectivity index (χ2v) is 5.67. The first kappa shape index (κ1) is 14.7. The van der Waals surface area contributed by atoms with Gasteiger partial charge in [-0.2, -0.15) is 0 Å². The maximum absolute atomic E-state index is 13.2. The number of benzene rings is 3. The van der Waals surface area contributed by atoms with Crippen LogP contribution in [0.25, 0.3) is 10.8 Å². The SMILES string of the molecule is O=C(c1cc2ccc(F)cc2cc1O)c1ccc(F)cc1Br. The van der Waals surface area contributed by atoms with Crippen molar-refractivity contribution in [1.29, 1.82) is 0 Å². The summed E-state index contributed by atoms with van der Waals surface area (Å²) in [7, 11) is 0. The van der Waals surface area contributed by atoms with Gasteiger partial charge in [-0.25, -0.2) is 8.78 Å². The van der Waals surface area contributed by atoms with Crippen LogP contribution in [0.1, 0.15) is 15.9 Å². The Balaban J connectivity index is 2.14. The minimum atomic E-state index is -0.471. The fourth-order valence-electron chi connectivity index (χ4n) is 2.26. The van der Waals surface area contributed by atoms with Gasteiger partial charge in [-0.15, -0.1) is 0 Å². The van der Waals surface area contributed by atoms with Crippen LogP contribution < -0.4 is 0 Å². The van der Waals surface area contributed by atoms with E-state index >= 15 is 0 Å². The van der Waals surface area contributed by atoms with Crippen LogP contribution in [0.4, 0.5) is 8.78 Å². The van der Waals surface area contributed by atoms with Gasteiger partial charge < -0.3 is 5.11 Å². The largest absolute Gasteiger partial charge is 0.507 e. The van der Waals surface area contributed by atoms with Crippen molar-refractivity contribution >= 4 is 32.5 Å². The first-order chi connectivity index (χ1) is 10.5. The molecule has 3 rings (SSSR count). The maximum atomic E-state index is 13.2. The molecule has 110 valence electrons. The van der Waals surface area contributed by atoms with Crippen molar-refractivity contribution in [1.82, 2.24) is 0 Å². The van der Waals surface area contributed by atoms with Crippen molar-refractivity contribution in [2.75, 3.05) is 0 Å². The van der Waals surface area contributed by atoms with E-state index in [2.05, 4.69) is 15.9 Å². The van der Waals surface area contributed by atoms with Crippen LogP contribution in [0.3, 0.4) is 0 Å². The lowest BCUT2D eigenvalue weighted by molar-refractivity contribution is 0.103. The van der Waals surface area contributed by atoms with Gasteiger partial charge in [0.05, 0.1) is 5.56 Å². The summed E-state index contributed by atoms with van der Waals surface area (Å²) in [6.45, 7) is 0. The quantitative estimate of drug-likeness (QED) is 0.663. The van der Waals surface area contributed by atoms with Gasteiger partial charge in [0.25, 0.3) is 0 Å². The van der Waals surface area contributed by atoms with Crippen LogP contribution in [0, 0.1) is 11.6 Å². The summed E-state index contributed by atoms with van der Waals surface area (Å²) >= 11 is 3.14. The minimum Gasteiger partial charge on any atom is -0.507 e. The first-order valence-electron chi connectivity index (χ1n) is 6.38. The van der Waals surface area contributed by atoms with Crippen LogP contribution in [-0.2, 0) is 0 Å². The van der Waals surface area contributed by atoms with Crippen molar-refractivity contribution in [3.8, 4) is 5.75 Å². The fraction of sp³-hybridized carbons (Fsp3) is 0. The topological polar surface area (TPSA) is 37.3 Å². The molecule has 22 heavy (non-hydrogen) atoms. The zero-order chi connectivity index (χ0) is 15.9. The molecule has 0 aliphatic rings. The standard InChI is InChI=1S/C17H9BrF2O2/c18-15-8-12(20)3-4-13(15)17(22)14-6-9-1-2-11(19)5-10(9)7-16(14)21/h1-8,21H. The Hall–Kier alpha value is -2.27. The van der Waals surface area contributed by atoms with Gasteiger partial charge in [0, 0.05) is 10.0 Å². The lowest BCUT2D eigenvalue weighted by Gasteiger charge is -2.08. The maximum Gasteiger partial charge on any atom is 0.197 e. The van der Waals surface area contributed by atoms with E-state index in [0.29, 0.717) is 15.2 Å². The number of halogens is 3. The van der Waals surface area contributed by atoms with E-state index in [0.717, 1.165) is 0 Å².